The van der Waals surface area contributed by atoms with E-state index in [0.29, 0.717) is 24.9 Å². The number of hydrogen-bond acceptors (Lipinski definition) is 2. The molecule has 5 heteroatoms. The third kappa shape index (κ3) is 5.28. The van der Waals surface area contributed by atoms with Gasteiger partial charge in [-0.05, 0) is 36.5 Å². The van der Waals surface area contributed by atoms with Crippen molar-refractivity contribution in [3.63, 3.8) is 0 Å². The quantitative estimate of drug-likeness (QED) is 0.788. The summed E-state index contributed by atoms with van der Waals surface area (Å²) in [6.07, 6.45) is 1.28. The molecule has 0 aliphatic rings. The molecule has 106 valence electrons. The zero-order valence-electron chi connectivity index (χ0n) is 11.2. The Kier molecular flexibility index (Phi) is 6.45. The van der Waals surface area contributed by atoms with Crippen molar-refractivity contribution >= 4 is 21.8 Å². The van der Waals surface area contributed by atoms with Crippen LogP contribution in [0, 0.1) is 11.7 Å². The Morgan fingerprint density at radius 1 is 1.47 bits per heavy atom. The highest BCUT2D eigenvalue weighted by atomic mass is 79.9. The molecule has 0 saturated carbocycles. The van der Waals surface area contributed by atoms with Crippen molar-refractivity contribution in [3.05, 3.63) is 34.1 Å². The smallest absolute Gasteiger partial charge is 0.237 e. The second-order valence-corrected chi connectivity index (χ2v) is 5.82. The standard InChI is InChI=1S/C14H20BrFN2O/c1-9(2)13(17)14(19)18-7-3-4-10-5-6-11(15)8-12(10)16/h5-6,8-9,13H,3-4,7,17H2,1-2H3,(H,18,19)/t13-/m0/s1. The summed E-state index contributed by atoms with van der Waals surface area (Å²) in [5.74, 6) is -0.255. The number of nitrogens with one attached hydrogen (secondary N) is 1. The number of amides is 1. The Bertz CT molecular complexity index is 437. The third-order valence-corrected chi connectivity index (χ3v) is 3.45. The van der Waals surface area contributed by atoms with Crippen LogP contribution in [0.4, 0.5) is 4.39 Å². The first kappa shape index (κ1) is 16.1. The minimum absolute atomic E-state index is 0.115. The molecule has 3 N–H and O–H groups in total. The van der Waals surface area contributed by atoms with Gasteiger partial charge >= 0.3 is 0 Å². The molecule has 0 radical (unpaired) electrons. The fourth-order valence-electron chi connectivity index (χ4n) is 1.64. The van der Waals surface area contributed by atoms with Gasteiger partial charge in [-0.2, -0.15) is 0 Å². The van der Waals surface area contributed by atoms with Crippen LogP contribution < -0.4 is 11.1 Å². The average molecular weight is 331 g/mol. The number of aryl methyl sites for hydroxylation is 1. The second kappa shape index (κ2) is 7.60. The topological polar surface area (TPSA) is 55.1 Å². The highest BCUT2D eigenvalue weighted by Crippen LogP contribution is 2.16. The van der Waals surface area contributed by atoms with E-state index in [-0.39, 0.29) is 17.6 Å². The van der Waals surface area contributed by atoms with Crippen LogP contribution in [0.25, 0.3) is 0 Å². The van der Waals surface area contributed by atoms with Crippen LogP contribution in [-0.4, -0.2) is 18.5 Å². The number of nitrogens with two attached hydrogens (primary N) is 1. The first-order chi connectivity index (χ1) is 8.91. The molecule has 19 heavy (non-hydrogen) atoms. The normalized spacial score (nSPS) is 12.5. The van der Waals surface area contributed by atoms with Crippen molar-refractivity contribution < 1.29 is 9.18 Å². The maximum Gasteiger partial charge on any atom is 0.237 e. The molecule has 0 saturated heterocycles. The molecule has 1 aromatic carbocycles. The number of hydrogen-bond donors (Lipinski definition) is 2. The Balaban J connectivity index is 2.33. The summed E-state index contributed by atoms with van der Waals surface area (Å²) < 4.78 is 14.3. The van der Waals surface area contributed by atoms with Gasteiger partial charge in [-0.25, -0.2) is 4.39 Å². The van der Waals surface area contributed by atoms with Crippen molar-refractivity contribution in [2.75, 3.05) is 6.54 Å². The first-order valence-electron chi connectivity index (χ1n) is 6.39. The number of rotatable bonds is 6. The molecular formula is C14H20BrFN2O. The van der Waals surface area contributed by atoms with Crippen molar-refractivity contribution in [1.82, 2.24) is 5.32 Å². The zero-order chi connectivity index (χ0) is 14.4. The lowest BCUT2D eigenvalue weighted by molar-refractivity contribution is -0.123. The minimum atomic E-state index is -0.482. The molecule has 0 fully saturated rings. The van der Waals surface area contributed by atoms with Gasteiger partial charge in [-0.15, -0.1) is 0 Å². The molecule has 3 nitrogen and oxygen atoms in total. The molecule has 1 rings (SSSR count). The minimum Gasteiger partial charge on any atom is -0.355 e. The number of benzene rings is 1. The van der Waals surface area contributed by atoms with E-state index >= 15 is 0 Å². The maximum absolute atomic E-state index is 13.5. The van der Waals surface area contributed by atoms with Crippen molar-refractivity contribution in [3.8, 4) is 0 Å². The van der Waals surface area contributed by atoms with E-state index in [2.05, 4.69) is 21.2 Å². The van der Waals surface area contributed by atoms with E-state index in [0.717, 1.165) is 4.47 Å². The molecule has 1 atom stereocenters. The lowest BCUT2D eigenvalue weighted by Crippen LogP contribution is -2.44. The van der Waals surface area contributed by atoms with Crippen molar-refractivity contribution in [2.45, 2.75) is 32.7 Å². The fourth-order valence-corrected chi connectivity index (χ4v) is 1.97. The largest absolute Gasteiger partial charge is 0.355 e. The zero-order valence-corrected chi connectivity index (χ0v) is 12.8. The molecule has 0 aliphatic heterocycles. The van der Waals surface area contributed by atoms with Gasteiger partial charge in [0.25, 0.3) is 0 Å². The number of carbonyl (C=O) groups is 1. The van der Waals surface area contributed by atoms with Crippen LogP contribution in [-0.2, 0) is 11.2 Å². The monoisotopic (exact) mass is 330 g/mol. The highest BCUT2D eigenvalue weighted by Gasteiger charge is 2.16. The highest BCUT2D eigenvalue weighted by molar-refractivity contribution is 9.10. The first-order valence-corrected chi connectivity index (χ1v) is 7.18. The summed E-state index contributed by atoms with van der Waals surface area (Å²) in [5.41, 5.74) is 6.37. The Labute approximate surface area is 121 Å². The lowest BCUT2D eigenvalue weighted by atomic mass is 10.0. The molecule has 1 amide bonds. The molecule has 0 unspecified atom stereocenters. The van der Waals surface area contributed by atoms with Gasteiger partial charge in [-0.3, -0.25) is 4.79 Å². The molecule has 0 aromatic heterocycles. The summed E-state index contributed by atoms with van der Waals surface area (Å²) in [7, 11) is 0. The summed E-state index contributed by atoms with van der Waals surface area (Å²) in [4.78, 5) is 11.6. The summed E-state index contributed by atoms with van der Waals surface area (Å²) in [6, 6.07) is 4.53. The molecular weight excluding hydrogens is 311 g/mol. The fraction of sp³-hybridized carbons (Fsp3) is 0.500. The lowest BCUT2D eigenvalue weighted by Gasteiger charge is -2.15. The van der Waals surface area contributed by atoms with Gasteiger partial charge in [0.2, 0.25) is 5.91 Å². The van der Waals surface area contributed by atoms with Crippen LogP contribution in [0.2, 0.25) is 0 Å². The van der Waals surface area contributed by atoms with E-state index in [1.165, 1.54) is 6.07 Å². The van der Waals surface area contributed by atoms with Crippen LogP contribution in [0.5, 0.6) is 0 Å². The van der Waals surface area contributed by atoms with E-state index in [4.69, 9.17) is 5.73 Å². The maximum atomic E-state index is 13.5. The Morgan fingerprint density at radius 2 is 2.16 bits per heavy atom. The molecule has 0 bridgehead atoms. The van der Waals surface area contributed by atoms with E-state index < -0.39 is 6.04 Å². The predicted molar refractivity (Wildman–Crippen MR) is 78.2 cm³/mol. The third-order valence-electron chi connectivity index (χ3n) is 2.96. The van der Waals surface area contributed by atoms with Crippen LogP contribution in [0.3, 0.4) is 0 Å². The summed E-state index contributed by atoms with van der Waals surface area (Å²) in [5, 5.41) is 2.77. The van der Waals surface area contributed by atoms with Gasteiger partial charge < -0.3 is 11.1 Å². The predicted octanol–water partition coefficient (Wildman–Crippen LogP) is 2.62. The van der Waals surface area contributed by atoms with Crippen LogP contribution in [0.15, 0.2) is 22.7 Å². The summed E-state index contributed by atoms with van der Waals surface area (Å²) in [6.45, 7) is 4.32. The van der Waals surface area contributed by atoms with E-state index in [1.54, 1.807) is 6.07 Å². The van der Waals surface area contributed by atoms with Gasteiger partial charge in [0.1, 0.15) is 5.82 Å². The Morgan fingerprint density at radius 3 is 2.74 bits per heavy atom. The number of carbonyl (C=O) groups excluding carboxylic acids is 1. The Hall–Kier alpha value is -0.940. The van der Waals surface area contributed by atoms with Gasteiger partial charge in [0.05, 0.1) is 6.04 Å². The van der Waals surface area contributed by atoms with Crippen molar-refractivity contribution in [1.29, 1.82) is 0 Å². The van der Waals surface area contributed by atoms with Gasteiger partial charge in [-0.1, -0.05) is 35.8 Å². The van der Waals surface area contributed by atoms with Crippen LogP contribution >= 0.6 is 15.9 Å². The van der Waals surface area contributed by atoms with Gasteiger partial charge in [0.15, 0.2) is 0 Å². The van der Waals surface area contributed by atoms with E-state index in [1.807, 2.05) is 19.9 Å². The van der Waals surface area contributed by atoms with Crippen LogP contribution in [0.1, 0.15) is 25.8 Å². The van der Waals surface area contributed by atoms with E-state index in [9.17, 15) is 9.18 Å². The SMILES string of the molecule is CC(C)[C@H](N)C(=O)NCCCc1ccc(Br)cc1F. The van der Waals surface area contributed by atoms with Crippen molar-refractivity contribution in [2.24, 2.45) is 11.7 Å². The molecule has 1 aromatic rings. The van der Waals surface area contributed by atoms with Gasteiger partial charge in [0, 0.05) is 11.0 Å². The molecule has 0 heterocycles. The summed E-state index contributed by atoms with van der Waals surface area (Å²) >= 11 is 3.22. The second-order valence-electron chi connectivity index (χ2n) is 4.90. The molecule has 0 aliphatic carbocycles. The molecule has 0 spiro atoms. The average Bonchev–Trinajstić information content (AvgIpc) is 2.35. The number of halogens is 2.